The van der Waals surface area contributed by atoms with Crippen LogP contribution < -0.4 is 10.9 Å². The molecule has 2 N–H and O–H groups in total. The summed E-state index contributed by atoms with van der Waals surface area (Å²) in [6.07, 6.45) is 16.7. The monoisotopic (exact) mass is 338 g/mol. The molecule has 1 aromatic carbocycles. The summed E-state index contributed by atoms with van der Waals surface area (Å²) in [5.41, 5.74) is 7.37. The lowest BCUT2D eigenvalue weighted by Crippen LogP contribution is -2.22. The predicted molar refractivity (Wildman–Crippen MR) is 104 cm³/mol. The molecule has 0 aromatic heterocycles. The molecule has 0 saturated heterocycles. The van der Waals surface area contributed by atoms with Gasteiger partial charge in [-0.25, -0.2) is 5.43 Å². The lowest BCUT2D eigenvalue weighted by Gasteiger charge is -2.09. The van der Waals surface area contributed by atoms with Crippen LogP contribution in [-0.2, 0) is 0 Å². The summed E-state index contributed by atoms with van der Waals surface area (Å²) in [5.74, 6) is 0. The van der Waals surface area contributed by atoms with Gasteiger partial charge < -0.3 is 5.43 Å². The summed E-state index contributed by atoms with van der Waals surface area (Å²) in [4.78, 5) is 0. The molecule has 0 fully saturated rings. The fourth-order valence-corrected chi connectivity index (χ4v) is 2.96. The van der Waals surface area contributed by atoms with Gasteiger partial charge in [-0.1, -0.05) is 101 Å². The minimum absolute atomic E-state index is 0.759. The van der Waals surface area contributed by atoms with Gasteiger partial charge in [-0.05, 0) is 18.6 Å². The molecule has 3 heteroatoms. The molecule has 1 aromatic rings. The number of unbranched alkanes of at least 4 members (excludes halogenated alkanes) is 11. The number of hydrazine groups is 1. The maximum absolute atomic E-state index is 6.08. The highest BCUT2D eigenvalue weighted by atomic mass is 35.5. The fourth-order valence-electron chi connectivity index (χ4n) is 2.77. The Hall–Kier alpha value is -0.730. The van der Waals surface area contributed by atoms with Crippen LogP contribution >= 0.6 is 11.6 Å². The van der Waals surface area contributed by atoms with E-state index in [9.17, 15) is 0 Å². The van der Waals surface area contributed by atoms with Gasteiger partial charge in [-0.15, -0.1) is 0 Å². The molecule has 1 rings (SSSR count). The van der Waals surface area contributed by atoms with Crippen molar-refractivity contribution in [3.05, 3.63) is 29.3 Å². The smallest absolute Gasteiger partial charge is 0.0674 e. The van der Waals surface area contributed by atoms with Crippen molar-refractivity contribution in [1.82, 2.24) is 5.43 Å². The number of halogens is 1. The summed E-state index contributed by atoms with van der Waals surface area (Å²) in [5, 5.41) is 0.759. The van der Waals surface area contributed by atoms with Gasteiger partial charge in [-0.3, -0.25) is 0 Å². The second kappa shape index (κ2) is 14.8. The van der Waals surface area contributed by atoms with E-state index in [1.165, 1.54) is 77.0 Å². The lowest BCUT2D eigenvalue weighted by molar-refractivity contribution is 0.540. The second-order valence-corrected chi connectivity index (χ2v) is 6.83. The van der Waals surface area contributed by atoms with Crippen LogP contribution in [0.1, 0.15) is 84.0 Å². The predicted octanol–water partition coefficient (Wildman–Crippen LogP) is 6.96. The zero-order chi connectivity index (χ0) is 16.6. The number of rotatable bonds is 15. The van der Waals surface area contributed by atoms with Crippen LogP contribution in [0, 0.1) is 0 Å². The Morgan fingerprint density at radius 1 is 0.739 bits per heavy atom. The van der Waals surface area contributed by atoms with Crippen LogP contribution in [0.4, 0.5) is 5.69 Å². The zero-order valence-corrected chi connectivity index (χ0v) is 15.6. The summed E-state index contributed by atoms with van der Waals surface area (Å²) in [6.45, 7) is 3.27. The molecule has 0 heterocycles. The molecular formula is C20H35ClN2. The van der Waals surface area contributed by atoms with E-state index in [0.29, 0.717) is 0 Å². The van der Waals surface area contributed by atoms with Crippen molar-refractivity contribution >= 4 is 17.3 Å². The van der Waals surface area contributed by atoms with Crippen molar-refractivity contribution in [1.29, 1.82) is 0 Å². The highest BCUT2D eigenvalue weighted by Crippen LogP contribution is 2.19. The lowest BCUT2D eigenvalue weighted by atomic mass is 10.1. The summed E-state index contributed by atoms with van der Waals surface area (Å²) in [7, 11) is 0. The Morgan fingerprint density at radius 2 is 1.26 bits per heavy atom. The first-order valence-electron chi connectivity index (χ1n) is 9.58. The topological polar surface area (TPSA) is 24.1 Å². The number of hydrogen-bond donors (Lipinski definition) is 2. The van der Waals surface area contributed by atoms with E-state index < -0.39 is 0 Å². The van der Waals surface area contributed by atoms with Crippen molar-refractivity contribution in [3.63, 3.8) is 0 Å². The first-order chi connectivity index (χ1) is 11.3. The van der Waals surface area contributed by atoms with E-state index in [0.717, 1.165) is 17.3 Å². The van der Waals surface area contributed by atoms with Crippen molar-refractivity contribution in [2.24, 2.45) is 0 Å². The molecule has 0 bridgehead atoms. The molecule has 0 aliphatic carbocycles. The first kappa shape index (κ1) is 20.3. The summed E-state index contributed by atoms with van der Waals surface area (Å²) in [6, 6.07) is 7.81. The number of anilines is 1. The van der Waals surface area contributed by atoms with E-state index in [1.807, 2.05) is 24.3 Å². The van der Waals surface area contributed by atoms with Gasteiger partial charge in [0.2, 0.25) is 0 Å². The van der Waals surface area contributed by atoms with Crippen molar-refractivity contribution in [2.75, 3.05) is 12.0 Å². The van der Waals surface area contributed by atoms with Crippen molar-refractivity contribution < 1.29 is 0 Å². The average Bonchev–Trinajstić information content (AvgIpc) is 2.57. The van der Waals surface area contributed by atoms with E-state index in [4.69, 9.17) is 11.6 Å². The maximum Gasteiger partial charge on any atom is 0.0674 e. The molecule has 0 atom stereocenters. The highest BCUT2D eigenvalue weighted by molar-refractivity contribution is 6.33. The minimum atomic E-state index is 0.759. The SMILES string of the molecule is CCCCCCCCCCCCCCNNc1ccccc1Cl. The molecule has 132 valence electrons. The molecule has 0 saturated carbocycles. The molecule has 2 nitrogen and oxygen atoms in total. The first-order valence-corrected chi connectivity index (χ1v) is 9.95. The standard InChI is InChI=1S/C20H35ClN2/c1-2-3-4-5-6-7-8-9-10-11-12-15-18-22-23-20-17-14-13-16-19(20)21/h13-14,16-17,22-23H,2-12,15,18H2,1H3. The Kier molecular flexibility index (Phi) is 13.1. The van der Waals surface area contributed by atoms with E-state index in [2.05, 4.69) is 17.8 Å². The Balaban J connectivity index is 1.79. The van der Waals surface area contributed by atoms with Gasteiger partial charge in [0.1, 0.15) is 0 Å². The van der Waals surface area contributed by atoms with Gasteiger partial charge in [0.05, 0.1) is 10.7 Å². The van der Waals surface area contributed by atoms with Gasteiger partial charge in [0.25, 0.3) is 0 Å². The summed E-state index contributed by atoms with van der Waals surface area (Å²) >= 11 is 6.08. The van der Waals surface area contributed by atoms with Crippen LogP contribution in [0.25, 0.3) is 0 Å². The molecule has 0 spiro atoms. The fraction of sp³-hybridized carbons (Fsp3) is 0.700. The van der Waals surface area contributed by atoms with Crippen molar-refractivity contribution in [2.45, 2.75) is 84.0 Å². The molecule has 23 heavy (non-hydrogen) atoms. The molecule has 0 aliphatic heterocycles. The zero-order valence-electron chi connectivity index (χ0n) is 14.9. The van der Waals surface area contributed by atoms with Crippen LogP contribution in [0.2, 0.25) is 5.02 Å². The average molecular weight is 339 g/mol. The third-order valence-corrected chi connectivity index (χ3v) is 4.58. The third kappa shape index (κ3) is 11.4. The third-order valence-electron chi connectivity index (χ3n) is 4.25. The Labute approximate surface area is 148 Å². The molecule has 0 radical (unpaired) electrons. The Bertz CT molecular complexity index is 382. The quantitative estimate of drug-likeness (QED) is 0.267. The normalized spacial score (nSPS) is 10.9. The highest BCUT2D eigenvalue weighted by Gasteiger charge is 1.97. The van der Waals surface area contributed by atoms with Crippen LogP contribution in [0.5, 0.6) is 0 Å². The molecule has 0 aliphatic rings. The van der Waals surface area contributed by atoms with Gasteiger partial charge in [-0.2, -0.15) is 0 Å². The minimum Gasteiger partial charge on any atom is -0.320 e. The summed E-state index contributed by atoms with van der Waals surface area (Å²) < 4.78 is 0. The Morgan fingerprint density at radius 3 is 1.83 bits per heavy atom. The number of nitrogens with one attached hydrogen (secondary N) is 2. The number of benzene rings is 1. The molecule has 0 unspecified atom stereocenters. The van der Waals surface area contributed by atoms with Gasteiger partial charge in [0, 0.05) is 6.54 Å². The second-order valence-electron chi connectivity index (χ2n) is 6.42. The maximum atomic E-state index is 6.08. The van der Waals surface area contributed by atoms with Gasteiger partial charge in [0.15, 0.2) is 0 Å². The number of para-hydroxylation sites is 1. The van der Waals surface area contributed by atoms with E-state index in [-0.39, 0.29) is 0 Å². The number of hydrogen-bond acceptors (Lipinski definition) is 2. The van der Waals surface area contributed by atoms with Crippen LogP contribution in [0.15, 0.2) is 24.3 Å². The van der Waals surface area contributed by atoms with E-state index in [1.54, 1.807) is 0 Å². The van der Waals surface area contributed by atoms with Crippen molar-refractivity contribution in [3.8, 4) is 0 Å². The van der Waals surface area contributed by atoms with Crippen LogP contribution in [0.3, 0.4) is 0 Å². The van der Waals surface area contributed by atoms with Gasteiger partial charge >= 0.3 is 0 Å². The largest absolute Gasteiger partial charge is 0.320 e. The molecular weight excluding hydrogens is 304 g/mol. The van der Waals surface area contributed by atoms with E-state index >= 15 is 0 Å². The molecule has 0 amide bonds. The van der Waals surface area contributed by atoms with Crippen LogP contribution in [-0.4, -0.2) is 6.54 Å².